The molecular weight excluding hydrogens is 366 g/mol. The van der Waals surface area contributed by atoms with Gasteiger partial charge in [-0.1, -0.05) is 52.5 Å². The molecule has 1 unspecified atom stereocenters. The highest BCUT2D eigenvalue weighted by Gasteiger charge is 2.50. The van der Waals surface area contributed by atoms with Gasteiger partial charge in [0, 0.05) is 17.1 Å². The Bertz CT molecular complexity index is 813. The third-order valence-electron chi connectivity index (χ3n) is 7.02. The highest BCUT2D eigenvalue weighted by molar-refractivity contribution is 5.87. The summed E-state index contributed by atoms with van der Waals surface area (Å²) in [7, 11) is 0. The van der Waals surface area contributed by atoms with Gasteiger partial charge in [0.2, 0.25) is 0 Å². The number of carboxylic acid groups (broad SMARTS) is 1. The van der Waals surface area contributed by atoms with E-state index in [1.54, 1.807) is 6.08 Å². The SMILES string of the molecule is CCCCCCC(C)(C)c1cc(O)c2c(c1)OC(C)[C@]1(N)CC=C(C(=O)O)C[C@@H]21. The van der Waals surface area contributed by atoms with Crippen molar-refractivity contribution in [3.05, 3.63) is 34.9 Å². The molecule has 0 spiro atoms. The van der Waals surface area contributed by atoms with Crippen molar-refractivity contribution in [1.82, 2.24) is 0 Å². The minimum absolute atomic E-state index is 0.0806. The van der Waals surface area contributed by atoms with Crippen LogP contribution in [0.2, 0.25) is 0 Å². The molecular formula is C24H35NO4. The van der Waals surface area contributed by atoms with E-state index in [4.69, 9.17) is 10.5 Å². The molecule has 0 aromatic heterocycles. The van der Waals surface area contributed by atoms with E-state index < -0.39 is 11.5 Å². The summed E-state index contributed by atoms with van der Waals surface area (Å²) in [4.78, 5) is 11.5. The molecule has 1 aliphatic carbocycles. The average Bonchev–Trinajstić information content (AvgIpc) is 2.65. The molecule has 3 atom stereocenters. The molecule has 1 aliphatic heterocycles. The number of hydrogen-bond donors (Lipinski definition) is 3. The van der Waals surface area contributed by atoms with Gasteiger partial charge in [-0.25, -0.2) is 4.79 Å². The molecule has 0 bridgehead atoms. The number of benzene rings is 1. The third-order valence-corrected chi connectivity index (χ3v) is 7.02. The highest BCUT2D eigenvalue weighted by Crippen LogP contribution is 2.53. The average molecular weight is 402 g/mol. The molecule has 1 aromatic rings. The van der Waals surface area contributed by atoms with E-state index in [1.807, 2.05) is 19.1 Å². The first kappa shape index (κ1) is 21.7. The number of hydrogen-bond acceptors (Lipinski definition) is 4. The van der Waals surface area contributed by atoms with Gasteiger partial charge in [-0.15, -0.1) is 0 Å². The first-order valence-corrected chi connectivity index (χ1v) is 10.9. The van der Waals surface area contributed by atoms with Gasteiger partial charge >= 0.3 is 5.97 Å². The van der Waals surface area contributed by atoms with Crippen molar-refractivity contribution >= 4 is 5.97 Å². The molecule has 29 heavy (non-hydrogen) atoms. The molecule has 160 valence electrons. The Morgan fingerprint density at radius 2 is 2.03 bits per heavy atom. The Morgan fingerprint density at radius 1 is 1.31 bits per heavy atom. The summed E-state index contributed by atoms with van der Waals surface area (Å²) >= 11 is 0. The fourth-order valence-corrected chi connectivity index (χ4v) is 4.82. The zero-order valence-electron chi connectivity index (χ0n) is 18.1. The predicted molar refractivity (Wildman–Crippen MR) is 115 cm³/mol. The maximum atomic E-state index is 11.5. The van der Waals surface area contributed by atoms with Crippen LogP contribution in [0.15, 0.2) is 23.8 Å². The van der Waals surface area contributed by atoms with E-state index in [-0.39, 0.29) is 23.2 Å². The normalized spacial score (nSPS) is 26.2. The summed E-state index contributed by atoms with van der Waals surface area (Å²) in [6, 6.07) is 3.86. The fraction of sp³-hybridized carbons (Fsp3) is 0.625. The molecule has 4 N–H and O–H groups in total. The van der Waals surface area contributed by atoms with Gasteiger partial charge in [0.05, 0.1) is 5.54 Å². The van der Waals surface area contributed by atoms with Crippen LogP contribution in [0.5, 0.6) is 11.5 Å². The van der Waals surface area contributed by atoms with Crippen molar-refractivity contribution in [2.75, 3.05) is 0 Å². The molecule has 0 fully saturated rings. The van der Waals surface area contributed by atoms with Crippen molar-refractivity contribution < 1.29 is 19.7 Å². The smallest absolute Gasteiger partial charge is 0.331 e. The standard InChI is InChI=1S/C24H35NO4/c1-5-6-7-8-10-23(3,4)17-13-19(26)21-18-12-16(22(27)28)9-11-24(18,25)15(2)29-20(21)14-17/h9,13-15,18,26H,5-8,10-12,25H2,1-4H3,(H,27,28)/t15?,18-,24+/m0/s1. The first-order chi connectivity index (χ1) is 13.6. The van der Waals surface area contributed by atoms with Crippen LogP contribution < -0.4 is 10.5 Å². The molecule has 1 aromatic carbocycles. The number of fused-ring (bicyclic) bond motifs is 3. The Labute approximate surface area is 174 Å². The monoisotopic (exact) mass is 401 g/mol. The number of phenolic OH excluding ortho intramolecular Hbond substituents is 1. The van der Waals surface area contributed by atoms with Crippen LogP contribution in [-0.4, -0.2) is 27.8 Å². The van der Waals surface area contributed by atoms with Crippen molar-refractivity contribution in [3.8, 4) is 11.5 Å². The number of carboxylic acids is 1. The Hall–Kier alpha value is -2.01. The highest BCUT2D eigenvalue weighted by atomic mass is 16.5. The maximum Gasteiger partial charge on any atom is 0.331 e. The molecule has 5 nitrogen and oxygen atoms in total. The van der Waals surface area contributed by atoms with Crippen LogP contribution in [-0.2, 0) is 10.2 Å². The van der Waals surface area contributed by atoms with Crippen molar-refractivity contribution in [2.45, 2.75) is 95.6 Å². The topological polar surface area (TPSA) is 92.8 Å². The van der Waals surface area contributed by atoms with Crippen LogP contribution in [0.3, 0.4) is 0 Å². The summed E-state index contributed by atoms with van der Waals surface area (Å²) in [6.07, 6.45) is 8.01. The number of phenols is 1. The van der Waals surface area contributed by atoms with Gasteiger partial charge in [0.15, 0.2) is 0 Å². The lowest BCUT2D eigenvalue weighted by molar-refractivity contribution is -0.133. The fourth-order valence-electron chi connectivity index (χ4n) is 4.82. The molecule has 5 heteroatoms. The zero-order valence-corrected chi connectivity index (χ0v) is 18.1. The Balaban J connectivity index is 1.95. The summed E-state index contributed by atoms with van der Waals surface area (Å²) in [6.45, 7) is 8.55. The lowest BCUT2D eigenvalue weighted by atomic mass is 9.66. The molecule has 0 amide bonds. The minimum atomic E-state index is -0.919. The Kier molecular flexibility index (Phi) is 6.00. The van der Waals surface area contributed by atoms with Crippen molar-refractivity contribution in [3.63, 3.8) is 0 Å². The van der Waals surface area contributed by atoms with Gasteiger partial charge in [-0.3, -0.25) is 0 Å². The van der Waals surface area contributed by atoms with E-state index in [9.17, 15) is 15.0 Å². The third kappa shape index (κ3) is 4.02. The second kappa shape index (κ2) is 8.02. The molecule has 0 radical (unpaired) electrons. The van der Waals surface area contributed by atoms with Crippen molar-refractivity contribution in [2.24, 2.45) is 5.73 Å². The van der Waals surface area contributed by atoms with Gasteiger partial charge in [-0.2, -0.15) is 0 Å². The molecule has 0 saturated carbocycles. The number of carbonyl (C=O) groups is 1. The second-order valence-electron chi connectivity index (χ2n) is 9.47. The maximum absolute atomic E-state index is 11.5. The van der Waals surface area contributed by atoms with Gasteiger partial charge in [-0.05, 0) is 49.3 Å². The van der Waals surface area contributed by atoms with Crippen LogP contribution in [0.1, 0.15) is 89.7 Å². The van der Waals surface area contributed by atoms with E-state index in [2.05, 4.69) is 20.8 Å². The van der Waals surface area contributed by atoms with Crippen LogP contribution >= 0.6 is 0 Å². The summed E-state index contributed by atoms with van der Waals surface area (Å²) < 4.78 is 6.20. The Morgan fingerprint density at radius 3 is 2.69 bits per heavy atom. The molecule has 2 aliphatic rings. The summed E-state index contributed by atoms with van der Waals surface area (Å²) in [5.74, 6) is -0.388. The number of ether oxygens (including phenoxy) is 1. The molecule has 0 saturated heterocycles. The zero-order chi connectivity index (χ0) is 21.4. The molecule has 3 rings (SSSR count). The number of aromatic hydroxyl groups is 1. The lowest BCUT2D eigenvalue weighted by Gasteiger charge is -2.48. The van der Waals surface area contributed by atoms with E-state index in [0.717, 1.165) is 18.4 Å². The van der Waals surface area contributed by atoms with Crippen LogP contribution in [0, 0.1) is 0 Å². The van der Waals surface area contributed by atoms with Crippen LogP contribution in [0.4, 0.5) is 0 Å². The number of aliphatic carboxylic acids is 1. The number of rotatable bonds is 7. The predicted octanol–water partition coefficient (Wildman–Crippen LogP) is 5.01. The molecule has 1 heterocycles. The summed E-state index contributed by atoms with van der Waals surface area (Å²) in [5.41, 5.74) is 7.96. The summed E-state index contributed by atoms with van der Waals surface area (Å²) in [5, 5.41) is 20.4. The van der Waals surface area contributed by atoms with E-state index >= 15 is 0 Å². The minimum Gasteiger partial charge on any atom is -0.508 e. The lowest BCUT2D eigenvalue weighted by Crippen LogP contribution is -2.59. The van der Waals surface area contributed by atoms with Gasteiger partial charge < -0.3 is 20.7 Å². The van der Waals surface area contributed by atoms with Crippen LogP contribution in [0.25, 0.3) is 0 Å². The van der Waals surface area contributed by atoms with Crippen molar-refractivity contribution in [1.29, 1.82) is 0 Å². The van der Waals surface area contributed by atoms with E-state index in [1.165, 1.54) is 19.3 Å². The van der Waals surface area contributed by atoms with E-state index in [0.29, 0.717) is 29.7 Å². The first-order valence-electron chi connectivity index (χ1n) is 10.9. The number of unbranched alkanes of at least 4 members (excludes halogenated alkanes) is 3. The quantitative estimate of drug-likeness (QED) is 0.559. The van der Waals surface area contributed by atoms with Gasteiger partial charge in [0.1, 0.15) is 17.6 Å². The number of nitrogens with two attached hydrogens (primary N) is 1. The van der Waals surface area contributed by atoms with Gasteiger partial charge in [0.25, 0.3) is 0 Å². The second-order valence-corrected chi connectivity index (χ2v) is 9.47. The largest absolute Gasteiger partial charge is 0.508 e.